The highest BCUT2D eigenvalue weighted by Crippen LogP contribution is 2.46. The van der Waals surface area contributed by atoms with Crippen LogP contribution in [0.1, 0.15) is 42.2 Å². The minimum Gasteiger partial charge on any atom is -0.493 e. The Morgan fingerprint density at radius 1 is 1.12 bits per heavy atom. The van der Waals surface area contributed by atoms with Crippen molar-refractivity contribution in [3.8, 4) is 22.8 Å². The smallest absolute Gasteiger partial charge is 0.341 e. The van der Waals surface area contributed by atoms with Gasteiger partial charge in [-0.3, -0.25) is 4.79 Å². The molecule has 0 radical (unpaired) electrons. The number of hydrogen-bond donors (Lipinski definition) is 1. The van der Waals surface area contributed by atoms with Crippen molar-refractivity contribution in [3.63, 3.8) is 0 Å². The zero-order chi connectivity index (χ0) is 23.5. The van der Waals surface area contributed by atoms with Gasteiger partial charge in [-0.05, 0) is 24.1 Å². The molecule has 1 unspecified atom stereocenters. The number of carboxylic acid groups (broad SMARTS) is 1. The molecule has 1 aliphatic rings. The number of rotatable bonds is 10. The van der Waals surface area contributed by atoms with Crippen molar-refractivity contribution in [2.24, 2.45) is 5.41 Å². The summed E-state index contributed by atoms with van der Waals surface area (Å²) >= 11 is 0. The summed E-state index contributed by atoms with van der Waals surface area (Å²) in [5.41, 5.74) is 1.37. The zero-order valence-electron chi connectivity index (χ0n) is 19.3. The highest BCUT2D eigenvalue weighted by Gasteiger charge is 2.37. The zero-order valence-corrected chi connectivity index (χ0v) is 19.3. The number of nitrogens with zero attached hydrogens (tertiary/aromatic N) is 1. The van der Waals surface area contributed by atoms with E-state index in [9.17, 15) is 14.7 Å². The maximum Gasteiger partial charge on any atom is 0.341 e. The quantitative estimate of drug-likeness (QED) is 0.560. The molecule has 1 aliphatic heterocycles. The molecule has 0 amide bonds. The Labute approximate surface area is 187 Å². The average molecular weight is 446 g/mol. The van der Waals surface area contributed by atoms with E-state index in [1.165, 1.54) is 12.3 Å². The number of aromatic carboxylic acids is 1. The van der Waals surface area contributed by atoms with Crippen LogP contribution in [0.2, 0.25) is 0 Å². The van der Waals surface area contributed by atoms with Gasteiger partial charge in [-0.2, -0.15) is 0 Å². The van der Waals surface area contributed by atoms with Gasteiger partial charge >= 0.3 is 5.97 Å². The number of pyridine rings is 1. The van der Waals surface area contributed by atoms with E-state index < -0.39 is 11.4 Å². The van der Waals surface area contributed by atoms with E-state index in [2.05, 4.69) is 13.8 Å². The molecule has 2 aromatic rings. The highest BCUT2D eigenvalue weighted by molar-refractivity contribution is 5.88. The highest BCUT2D eigenvalue weighted by atomic mass is 16.5. The van der Waals surface area contributed by atoms with Gasteiger partial charge in [0, 0.05) is 56.5 Å². The Kier molecular flexibility index (Phi) is 7.26. The molecule has 0 saturated carbocycles. The summed E-state index contributed by atoms with van der Waals surface area (Å²) in [5.74, 6) is -0.0579. The molecule has 8 heteroatoms. The Balaban J connectivity index is 2.15. The first-order valence-electron chi connectivity index (χ1n) is 10.5. The number of carboxylic acids is 1. The van der Waals surface area contributed by atoms with Crippen LogP contribution < -0.4 is 14.9 Å². The molecular formula is C24H31NO7. The van der Waals surface area contributed by atoms with Crippen molar-refractivity contribution >= 4 is 5.97 Å². The standard InChI is InChI=1S/C24H31NO7/c1-24(2,14-30-4)22-10-15-9-21(32-8-6-7-29-3)20(31-5)11-16(15)18-12-19(26)17(23(27)28)13-25(18)22/h9,11-13,22H,6-8,10,14H2,1-5H3,(H,27,28). The first-order chi connectivity index (χ1) is 15.2. The molecule has 1 aromatic heterocycles. The van der Waals surface area contributed by atoms with Gasteiger partial charge in [0.15, 0.2) is 16.9 Å². The van der Waals surface area contributed by atoms with E-state index in [0.29, 0.717) is 43.4 Å². The Morgan fingerprint density at radius 3 is 2.50 bits per heavy atom. The molecule has 2 heterocycles. The van der Waals surface area contributed by atoms with E-state index in [1.807, 2.05) is 16.7 Å². The molecule has 1 N–H and O–H groups in total. The molecule has 32 heavy (non-hydrogen) atoms. The van der Waals surface area contributed by atoms with Crippen molar-refractivity contribution < 1.29 is 28.8 Å². The van der Waals surface area contributed by atoms with Crippen LogP contribution in [0, 0.1) is 5.41 Å². The molecule has 3 rings (SSSR count). The number of fused-ring (bicyclic) bond motifs is 3. The van der Waals surface area contributed by atoms with Crippen LogP contribution in [0.15, 0.2) is 29.2 Å². The van der Waals surface area contributed by atoms with Gasteiger partial charge in [-0.1, -0.05) is 13.8 Å². The van der Waals surface area contributed by atoms with Crippen LogP contribution in [0.3, 0.4) is 0 Å². The summed E-state index contributed by atoms with van der Waals surface area (Å²) in [4.78, 5) is 24.2. The van der Waals surface area contributed by atoms with Gasteiger partial charge in [-0.25, -0.2) is 4.79 Å². The SMILES string of the molecule is COCCCOc1cc2c(cc1OC)-c1cc(=O)c(C(=O)O)cn1C(C(C)(C)COC)C2. The van der Waals surface area contributed by atoms with Gasteiger partial charge in [0.1, 0.15) is 5.56 Å². The molecule has 8 nitrogen and oxygen atoms in total. The molecule has 0 saturated heterocycles. The first-order valence-corrected chi connectivity index (χ1v) is 10.5. The topological polar surface area (TPSA) is 96.2 Å². The van der Waals surface area contributed by atoms with E-state index in [1.54, 1.807) is 21.3 Å². The minimum absolute atomic E-state index is 0.126. The number of methoxy groups -OCH3 is 3. The molecule has 1 atom stereocenters. The fraction of sp³-hybridized carbons (Fsp3) is 0.500. The Morgan fingerprint density at radius 2 is 1.88 bits per heavy atom. The number of carbonyl (C=O) groups is 1. The van der Waals surface area contributed by atoms with Crippen LogP contribution in [-0.2, 0) is 15.9 Å². The molecule has 0 aliphatic carbocycles. The molecule has 1 aromatic carbocycles. The van der Waals surface area contributed by atoms with E-state index in [0.717, 1.165) is 17.5 Å². The number of aromatic nitrogens is 1. The summed E-state index contributed by atoms with van der Waals surface area (Å²) in [6.45, 7) is 5.69. The lowest BCUT2D eigenvalue weighted by Crippen LogP contribution is -2.37. The van der Waals surface area contributed by atoms with Crippen LogP contribution in [0.4, 0.5) is 0 Å². The second kappa shape index (κ2) is 9.75. The fourth-order valence-electron chi connectivity index (χ4n) is 4.28. The van der Waals surface area contributed by atoms with Crippen LogP contribution in [-0.4, -0.2) is 56.8 Å². The summed E-state index contributed by atoms with van der Waals surface area (Å²) in [7, 11) is 4.86. The first kappa shape index (κ1) is 23.8. The summed E-state index contributed by atoms with van der Waals surface area (Å²) in [5, 5.41) is 9.51. The average Bonchev–Trinajstić information content (AvgIpc) is 2.74. The second-order valence-corrected chi connectivity index (χ2v) is 8.65. The monoisotopic (exact) mass is 445 g/mol. The van der Waals surface area contributed by atoms with Crippen LogP contribution in [0.25, 0.3) is 11.3 Å². The van der Waals surface area contributed by atoms with Crippen molar-refractivity contribution in [3.05, 3.63) is 45.7 Å². The Bertz CT molecular complexity index is 1040. The lowest BCUT2D eigenvalue weighted by atomic mass is 9.77. The number of benzene rings is 1. The second-order valence-electron chi connectivity index (χ2n) is 8.65. The maximum atomic E-state index is 12.6. The predicted octanol–water partition coefficient (Wildman–Crippen LogP) is 3.41. The van der Waals surface area contributed by atoms with Gasteiger partial charge in [0.25, 0.3) is 0 Å². The van der Waals surface area contributed by atoms with Crippen molar-refractivity contribution in [1.29, 1.82) is 0 Å². The lowest BCUT2D eigenvalue weighted by Gasteiger charge is -2.40. The van der Waals surface area contributed by atoms with Crippen LogP contribution in [0.5, 0.6) is 11.5 Å². The van der Waals surface area contributed by atoms with Crippen molar-refractivity contribution in [2.45, 2.75) is 32.7 Å². The van der Waals surface area contributed by atoms with Gasteiger partial charge in [0.05, 0.1) is 26.0 Å². The third-order valence-corrected chi connectivity index (χ3v) is 5.89. The largest absolute Gasteiger partial charge is 0.493 e. The third kappa shape index (κ3) is 4.66. The van der Waals surface area contributed by atoms with Crippen molar-refractivity contribution in [1.82, 2.24) is 4.57 Å². The van der Waals surface area contributed by atoms with Gasteiger partial charge in [-0.15, -0.1) is 0 Å². The number of hydrogen-bond acceptors (Lipinski definition) is 6. The summed E-state index contributed by atoms with van der Waals surface area (Å²) in [6.07, 6.45) is 2.82. The molecule has 0 spiro atoms. The van der Waals surface area contributed by atoms with E-state index in [-0.39, 0.29) is 17.0 Å². The summed E-state index contributed by atoms with van der Waals surface area (Å²) in [6, 6.07) is 5.08. The van der Waals surface area contributed by atoms with Gasteiger partial charge in [0.2, 0.25) is 0 Å². The molecular weight excluding hydrogens is 414 g/mol. The van der Waals surface area contributed by atoms with Crippen LogP contribution >= 0.6 is 0 Å². The maximum absolute atomic E-state index is 12.6. The number of ether oxygens (including phenoxy) is 4. The van der Waals surface area contributed by atoms with Gasteiger partial charge < -0.3 is 28.6 Å². The lowest BCUT2D eigenvalue weighted by molar-refractivity contribution is 0.0615. The van der Waals surface area contributed by atoms with E-state index in [4.69, 9.17) is 18.9 Å². The molecule has 0 fully saturated rings. The van der Waals surface area contributed by atoms with Crippen molar-refractivity contribution in [2.75, 3.05) is 41.2 Å². The van der Waals surface area contributed by atoms with E-state index >= 15 is 0 Å². The fourth-order valence-corrected chi connectivity index (χ4v) is 4.28. The summed E-state index contributed by atoms with van der Waals surface area (Å²) < 4.78 is 23.9. The minimum atomic E-state index is -1.24. The third-order valence-electron chi connectivity index (χ3n) is 5.89. The molecule has 0 bridgehead atoms. The predicted molar refractivity (Wildman–Crippen MR) is 120 cm³/mol. The normalized spacial score (nSPS) is 15.1. The molecule has 174 valence electrons. The Hall–Kier alpha value is -2.84.